The standard InChI is InChI=1S/C37H43N7O7/c1-7-38-35(47)44-18-16-43(17-19-44)33(45)30-22-24(14-15-39-30)51-31-13-12-27(25-10-8-9-11-26(25)31)40-34(46)41-28-20-23(37(2,3)4)21-29(32(28)49-5)42-36(48)50-6/h8-15,20-22H,7,16-19H2,1-6H3,(H,38,47)(H,42,48)(H2,40,41,46). The quantitative estimate of drug-likeness (QED) is 0.159. The Kier molecular flexibility index (Phi) is 11.1. The topological polar surface area (TPSA) is 163 Å². The number of nitrogens with one attached hydrogen (secondary N) is 4. The van der Waals surface area contributed by atoms with Crippen molar-refractivity contribution in [1.29, 1.82) is 0 Å². The number of hydrogen-bond acceptors (Lipinski definition) is 8. The highest BCUT2D eigenvalue weighted by Crippen LogP contribution is 2.39. The number of hydrogen-bond donors (Lipinski definition) is 4. The van der Waals surface area contributed by atoms with Gasteiger partial charge in [0.25, 0.3) is 5.91 Å². The van der Waals surface area contributed by atoms with Gasteiger partial charge in [-0.1, -0.05) is 45.0 Å². The monoisotopic (exact) mass is 697 g/mol. The Bertz CT molecular complexity index is 1930. The number of amides is 6. The Morgan fingerprint density at radius 2 is 1.45 bits per heavy atom. The Morgan fingerprint density at radius 3 is 2.10 bits per heavy atom. The van der Waals surface area contributed by atoms with Crippen molar-refractivity contribution in [3.63, 3.8) is 0 Å². The van der Waals surface area contributed by atoms with Crippen LogP contribution in [0.1, 0.15) is 43.7 Å². The molecule has 0 unspecified atom stereocenters. The summed E-state index contributed by atoms with van der Waals surface area (Å²) in [6.45, 7) is 10.1. The molecule has 0 atom stereocenters. The van der Waals surface area contributed by atoms with E-state index in [2.05, 4.69) is 26.3 Å². The first-order chi connectivity index (χ1) is 24.4. The smallest absolute Gasteiger partial charge is 0.411 e. The molecule has 1 saturated heterocycles. The number of piperazine rings is 1. The molecule has 0 aliphatic carbocycles. The number of urea groups is 2. The van der Waals surface area contributed by atoms with E-state index in [4.69, 9.17) is 14.2 Å². The fourth-order valence-corrected chi connectivity index (χ4v) is 5.63. The van der Waals surface area contributed by atoms with Crippen LogP contribution in [-0.4, -0.2) is 85.8 Å². The number of nitrogens with zero attached hydrogens (tertiary/aromatic N) is 3. The lowest BCUT2D eigenvalue weighted by Crippen LogP contribution is -2.53. The molecule has 51 heavy (non-hydrogen) atoms. The lowest BCUT2D eigenvalue weighted by molar-refractivity contribution is 0.0659. The summed E-state index contributed by atoms with van der Waals surface area (Å²) in [6.07, 6.45) is 0.844. The number of methoxy groups -OCH3 is 2. The highest BCUT2D eigenvalue weighted by atomic mass is 16.5. The minimum absolute atomic E-state index is 0.137. The molecular weight excluding hydrogens is 654 g/mol. The fourth-order valence-electron chi connectivity index (χ4n) is 5.63. The number of carbonyl (C=O) groups is 4. The molecule has 5 rings (SSSR count). The Morgan fingerprint density at radius 1 is 0.804 bits per heavy atom. The van der Waals surface area contributed by atoms with E-state index in [1.807, 2.05) is 52.0 Å². The Balaban J connectivity index is 1.33. The summed E-state index contributed by atoms with van der Waals surface area (Å²) in [5.41, 5.74) is 1.98. The van der Waals surface area contributed by atoms with Gasteiger partial charge < -0.3 is 40.0 Å². The van der Waals surface area contributed by atoms with E-state index in [9.17, 15) is 19.2 Å². The number of fused-ring (bicyclic) bond motifs is 1. The SMILES string of the molecule is CCNC(=O)N1CCN(C(=O)c2cc(Oc3ccc(NC(=O)Nc4cc(C(C)(C)C)cc(NC(=O)OC)c4OC)c4ccccc34)ccn2)CC1. The molecule has 268 valence electrons. The molecule has 2 heterocycles. The van der Waals surface area contributed by atoms with Gasteiger partial charge in [-0.15, -0.1) is 0 Å². The molecule has 1 fully saturated rings. The third-order valence-corrected chi connectivity index (χ3v) is 8.32. The average Bonchev–Trinajstić information content (AvgIpc) is 3.12. The fraction of sp³-hybridized carbons (Fsp3) is 0.324. The summed E-state index contributed by atoms with van der Waals surface area (Å²) in [5.74, 6) is 0.938. The molecule has 1 aliphatic rings. The first-order valence-corrected chi connectivity index (χ1v) is 16.5. The molecule has 0 saturated carbocycles. The van der Waals surface area contributed by atoms with Gasteiger partial charge >= 0.3 is 18.2 Å². The number of anilines is 3. The molecule has 0 bridgehead atoms. The molecule has 6 amide bonds. The highest BCUT2D eigenvalue weighted by molar-refractivity contribution is 6.08. The van der Waals surface area contributed by atoms with Crippen LogP contribution in [0.3, 0.4) is 0 Å². The van der Waals surface area contributed by atoms with Crippen molar-refractivity contribution < 1.29 is 33.4 Å². The van der Waals surface area contributed by atoms with Crippen molar-refractivity contribution in [2.45, 2.75) is 33.1 Å². The van der Waals surface area contributed by atoms with Crippen molar-refractivity contribution in [3.05, 3.63) is 78.1 Å². The first-order valence-electron chi connectivity index (χ1n) is 16.5. The van der Waals surface area contributed by atoms with Gasteiger partial charge in [0.15, 0.2) is 5.75 Å². The highest BCUT2D eigenvalue weighted by Gasteiger charge is 2.26. The van der Waals surface area contributed by atoms with Crippen molar-refractivity contribution in [2.24, 2.45) is 0 Å². The summed E-state index contributed by atoms with van der Waals surface area (Å²) in [5, 5.41) is 12.7. The second-order valence-corrected chi connectivity index (χ2v) is 12.8. The molecule has 4 N–H and O–H groups in total. The number of carbonyl (C=O) groups excluding carboxylic acids is 4. The average molecular weight is 698 g/mol. The molecule has 14 heteroatoms. The van der Waals surface area contributed by atoms with Gasteiger partial charge in [-0.3, -0.25) is 15.1 Å². The normalized spacial score (nSPS) is 12.9. The van der Waals surface area contributed by atoms with Gasteiger partial charge in [0.05, 0.1) is 31.3 Å². The van der Waals surface area contributed by atoms with Crippen molar-refractivity contribution in [2.75, 3.05) is 62.9 Å². The van der Waals surface area contributed by atoms with Gasteiger partial charge in [0.2, 0.25) is 0 Å². The van der Waals surface area contributed by atoms with Gasteiger partial charge in [0, 0.05) is 55.8 Å². The van der Waals surface area contributed by atoms with E-state index >= 15 is 0 Å². The largest absolute Gasteiger partial charge is 0.492 e. The first kappa shape index (κ1) is 36.2. The lowest BCUT2D eigenvalue weighted by Gasteiger charge is -2.34. The predicted octanol–water partition coefficient (Wildman–Crippen LogP) is 6.64. The molecule has 3 aromatic carbocycles. The van der Waals surface area contributed by atoms with Crippen LogP contribution in [0.25, 0.3) is 10.8 Å². The molecule has 1 aromatic heterocycles. The summed E-state index contributed by atoms with van der Waals surface area (Å²) in [7, 11) is 2.71. The van der Waals surface area contributed by atoms with Crippen molar-refractivity contribution >= 4 is 51.9 Å². The molecule has 4 aromatic rings. The predicted molar refractivity (Wildman–Crippen MR) is 195 cm³/mol. The summed E-state index contributed by atoms with van der Waals surface area (Å²) in [6, 6.07) is 17.1. The van der Waals surface area contributed by atoms with Crippen molar-refractivity contribution in [1.82, 2.24) is 20.1 Å². The molecular formula is C37H43N7O7. The van der Waals surface area contributed by atoms with Gasteiger partial charge in [-0.25, -0.2) is 14.4 Å². The minimum Gasteiger partial charge on any atom is -0.492 e. The number of aromatic nitrogens is 1. The van der Waals surface area contributed by atoms with E-state index in [-0.39, 0.29) is 28.8 Å². The van der Waals surface area contributed by atoms with Crippen LogP contribution >= 0.6 is 0 Å². The molecule has 14 nitrogen and oxygen atoms in total. The maximum atomic E-state index is 13.4. The second-order valence-electron chi connectivity index (χ2n) is 12.8. The molecule has 0 spiro atoms. The van der Waals surface area contributed by atoms with Crippen LogP contribution in [-0.2, 0) is 10.2 Å². The van der Waals surface area contributed by atoms with E-state index < -0.39 is 12.1 Å². The zero-order valence-electron chi connectivity index (χ0n) is 29.6. The molecule has 0 radical (unpaired) electrons. The summed E-state index contributed by atoms with van der Waals surface area (Å²) < 4.78 is 16.6. The number of pyridine rings is 1. The number of benzene rings is 3. The Hall–Kier alpha value is -6.05. The van der Waals surface area contributed by atoms with Gasteiger partial charge in [-0.05, 0) is 48.2 Å². The van der Waals surface area contributed by atoms with E-state index in [0.29, 0.717) is 66.7 Å². The van der Waals surface area contributed by atoms with E-state index in [1.54, 1.807) is 46.2 Å². The number of rotatable bonds is 8. The van der Waals surface area contributed by atoms with Crippen LogP contribution in [0.2, 0.25) is 0 Å². The van der Waals surface area contributed by atoms with Crippen LogP contribution in [0.15, 0.2) is 66.9 Å². The van der Waals surface area contributed by atoms with Crippen LogP contribution < -0.4 is 30.7 Å². The lowest BCUT2D eigenvalue weighted by atomic mass is 9.86. The summed E-state index contributed by atoms with van der Waals surface area (Å²) in [4.78, 5) is 58.6. The van der Waals surface area contributed by atoms with Crippen molar-refractivity contribution in [3.8, 4) is 17.2 Å². The second kappa shape index (κ2) is 15.7. The number of ether oxygens (including phenoxy) is 3. The third kappa shape index (κ3) is 8.58. The van der Waals surface area contributed by atoms with Crippen LogP contribution in [0.4, 0.5) is 31.4 Å². The molecule has 1 aliphatic heterocycles. The maximum Gasteiger partial charge on any atom is 0.411 e. The zero-order chi connectivity index (χ0) is 36.7. The van der Waals surface area contributed by atoms with Crippen LogP contribution in [0, 0.1) is 0 Å². The van der Waals surface area contributed by atoms with Gasteiger partial charge in [0.1, 0.15) is 17.2 Å². The van der Waals surface area contributed by atoms with Crippen LogP contribution in [0.5, 0.6) is 17.2 Å². The maximum absolute atomic E-state index is 13.4. The summed E-state index contributed by atoms with van der Waals surface area (Å²) >= 11 is 0. The minimum atomic E-state index is -0.675. The third-order valence-electron chi connectivity index (χ3n) is 8.32. The van der Waals surface area contributed by atoms with E-state index in [0.717, 1.165) is 10.9 Å². The van der Waals surface area contributed by atoms with E-state index in [1.165, 1.54) is 20.4 Å². The van der Waals surface area contributed by atoms with Gasteiger partial charge in [-0.2, -0.15) is 0 Å². The Labute approximate surface area is 296 Å². The zero-order valence-corrected chi connectivity index (χ0v) is 29.6.